The molecule has 0 saturated carbocycles. The highest BCUT2D eigenvalue weighted by Gasteiger charge is 2.09. The van der Waals surface area contributed by atoms with Gasteiger partial charge in [-0.05, 0) is 71.6 Å². The highest BCUT2D eigenvalue weighted by atomic mass is 32.1. The van der Waals surface area contributed by atoms with Crippen molar-refractivity contribution in [2.24, 2.45) is 0 Å². The molecule has 0 fully saturated rings. The first kappa shape index (κ1) is 19.3. The van der Waals surface area contributed by atoms with Gasteiger partial charge in [0.1, 0.15) is 5.52 Å². The summed E-state index contributed by atoms with van der Waals surface area (Å²) < 4.78 is 7.15. The molecule has 156 valence electrons. The van der Waals surface area contributed by atoms with Gasteiger partial charge in [-0.1, -0.05) is 30.3 Å². The SMILES string of the molecule is N#Cc1ccc2nc(-c3ccc(Nc4ccc(-c5cc6ccccc6s5)cc4)cc3)oc2c1. The molecule has 4 nitrogen and oxygen atoms in total. The number of nitrogens with one attached hydrogen (secondary N) is 1. The van der Waals surface area contributed by atoms with Gasteiger partial charge in [0.15, 0.2) is 5.58 Å². The molecule has 0 atom stereocenters. The highest BCUT2D eigenvalue weighted by Crippen LogP contribution is 2.34. The van der Waals surface area contributed by atoms with Crippen LogP contribution in [0.3, 0.4) is 0 Å². The Morgan fingerprint density at radius 1 is 0.788 bits per heavy atom. The van der Waals surface area contributed by atoms with E-state index in [1.54, 1.807) is 18.2 Å². The number of nitrogens with zero attached hydrogens (tertiary/aromatic N) is 2. The van der Waals surface area contributed by atoms with Crippen molar-refractivity contribution in [3.63, 3.8) is 0 Å². The number of oxazole rings is 1. The molecule has 1 N–H and O–H groups in total. The fourth-order valence-corrected chi connectivity index (χ4v) is 4.89. The van der Waals surface area contributed by atoms with E-state index >= 15 is 0 Å². The van der Waals surface area contributed by atoms with Gasteiger partial charge in [0.2, 0.25) is 5.89 Å². The molecule has 0 aliphatic rings. The van der Waals surface area contributed by atoms with Crippen LogP contribution in [-0.2, 0) is 0 Å². The molecular formula is C28H17N3OS. The van der Waals surface area contributed by atoms with Crippen LogP contribution in [0.5, 0.6) is 0 Å². The van der Waals surface area contributed by atoms with Gasteiger partial charge >= 0.3 is 0 Å². The molecule has 0 bridgehead atoms. The van der Waals surface area contributed by atoms with Crippen molar-refractivity contribution in [2.75, 3.05) is 5.32 Å². The van der Waals surface area contributed by atoms with Crippen molar-refractivity contribution in [2.45, 2.75) is 0 Å². The van der Waals surface area contributed by atoms with Crippen LogP contribution in [0.2, 0.25) is 0 Å². The van der Waals surface area contributed by atoms with Gasteiger partial charge < -0.3 is 9.73 Å². The summed E-state index contributed by atoms with van der Waals surface area (Å²) in [5.74, 6) is 0.541. The minimum absolute atomic E-state index is 0.541. The van der Waals surface area contributed by atoms with E-state index in [-0.39, 0.29) is 0 Å². The number of hydrogen-bond acceptors (Lipinski definition) is 5. The number of benzene rings is 4. The number of rotatable bonds is 4. The van der Waals surface area contributed by atoms with Crippen LogP contribution in [0.1, 0.15) is 5.56 Å². The van der Waals surface area contributed by atoms with Crippen molar-refractivity contribution >= 4 is 43.9 Å². The Kier molecular flexibility index (Phi) is 4.64. The Labute approximate surface area is 194 Å². The van der Waals surface area contributed by atoms with Crippen molar-refractivity contribution < 1.29 is 4.42 Å². The molecule has 0 aliphatic carbocycles. The zero-order valence-electron chi connectivity index (χ0n) is 17.4. The first-order chi connectivity index (χ1) is 16.2. The average Bonchev–Trinajstić information content (AvgIpc) is 3.49. The van der Waals surface area contributed by atoms with Crippen LogP contribution in [0, 0.1) is 11.3 Å². The largest absolute Gasteiger partial charge is 0.436 e. The minimum atomic E-state index is 0.541. The van der Waals surface area contributed by atoms with E-state index < -0.39 is 0 Å². The lowest BCUT2D eigenvalue weighted by Crippen LogP contribution is -1.90. The topological polar surface area (TPSA) is 61.9 Å². The van der Waals surface area contributed by atoms with Crippen LogP contribution in [0.25, 0.3) is 43.1 Å². The van der Waals surface area contributed by atoms with Crippen LogP contribution in [-0.4, -0.2) is 4.98 Å². The van der Waals surface area contributed by atoms with E-state index in [1.807, 2.05) is 35.6 Å². The zero-order valence-corrected chi connectivity index (χ0v) is 18.3. The van der Waals surface area contributed by atoms with E-state index in [0.717, 1.165) is 22.5 Å². The molecule has 2 heterocycles. The van der Waals surface area contributed by atoms with E-state index in [2.05, 4.69) is 71.0 Å². The molecule has 0 unspecified atom stereocenters. The standard InChI is InChI=1S/C28H17N3OS/c29-17-18-5-14-24-25(15-18)32-28(31-24)20-8-12-23(13-9-20)30-22-10-6-19(7-11-22)27-16-21-3-1-2-4-26(21)33-27/h1-16,30H. The minimum Gasteiger partial charge on any atom is -0.436 e. The quantitative estimate of drug-likeness (QED) is 0.300. The Morgan fingerprint density at radius 3 is 2.24 bits per heavy atom. The maximum atomic E-state index is 9.06. The summed E-state index contributed by atoms with van der Waals surface area (Å²) in [4.78, 5) is 5.80. The summed E-state index contributed by atoms with van der Waals surface area (Å²) >= 11 is 1.81. The Hall–Kier alpha value is -4.40. The second-order valence-electron chi connectivity index (χ2n) is 7.74. The van der Waals surface area contributed by atoms with E-state index in [0.29, 0.717) is 17.0 Å². The molecule has 0 aliphatic heterocycles. The van der Waals surface area contributed by atoms with Crippen molar-refractivity contribution in [3.05, 3.63) is 103 Å². The van der Waals surface area contributed by atoms with Gasteiger partial charge in [0, 0.05) is 32.6 Å². The van der Waals surface area contributed by atoms with Crippen LogP contribution >= 0.6 is 11.3 Å². The summed E-state index contributed by atoms with van der Waals surface area (Å²) in [5, 5.41) is 13.8. The Bertz CT molecular complexity index is 1600. The molecular weight excluding hydrogens is 426 g/mol. The molecule has 33 heavy (non-hydrogen) atoms. The van der Waals surface area contributed by atoms with E-state index in [1.165, 1.54) is 20.5 Å². The molecule has 5 heteroatoms. The maximum Gasteiger partial charge on any atom is 0.227 e. The van der Waals surface area contributed by atoms with Crippen LogP contribution < -0.4 is 5.32 Å². The summed E-state index contributed by atoms with van der Waals surface area (Å²) in [5.41, 5.74) is 6.02. The van der Waals surface area contributed by atoms with Crippen molar-refractivity contribution in [1.82, 2.24) is 4.98 Å². The fraction of sp³-hybridized carbons (Fsp3) is 0. The van der Waals surface area contributed by atoms with Gasteiger partial charge in [-0.3, -0.25) is 0 Å². The Balaban J connectivity index is 1.20. The third-order valence-corrected chi connectivity index (χ3v) is 6.70. The number of thiophene rings is 1. The first-order valence-corrected chi connectivity index (χ1v) is 11.3. The summed E-state index contributed by atoms with van der Waals surface area (Å²) in [6.45, 7) is 0. The average molecular weight is 444 g/mol. The number of fused-ring (bicyclic) bond motifs is 2. The second-order valence-corrected chi connectivity index (χ2v) is 8.83. The number of anilines is 2. The molecule has 0 radical (unpaired) electrons. The van der Waals surface area contributed by atoms with Crippen LogP contribution in [0.15, 0.2) is 101 Å². The number of aromatic nitrogens is 1. The van der Waals surface area contributed by atoms with E-state index in [9.17, 15) is 0 Å². The van der Waals surface area contributed by atoms with Crippen LogP contribution in [0.4, 0.5) is 11.4 Å². The zero-order chi connectivity index (χ0) is 22.2. The van der Waals surface area contributed by atoms with Crippen molar-refractivity contribution in [3.8, 4) is 28.0 Å². The number of nitriles is 1. The smallest absolute Gasteiger partial charge is 0.227 e. The normalized spacial score (nSPS) is 11.0. The lowest BCUT2D eigenvalue weighted by molar-refractivity contribution is 0.620. The lowest BCUT2D eigenvalue weighted by Gasteiger charge is -2.07. The lowest BCUT2D eigenvalue weighted by atomic mass is 10.1. The van der Waals surface area contributed by atoms with Gasteiger partial charge in [-0.15, -0.1) is 11.3 Å². The third-order valence-electron chi connectivity index (χ3n) is 5.53. The van der Waals surface area contributed by atoms with Gasteiger partial charge in [0.05, 0.1) is 11.6 Å². The predicted octanol–water partition coefficient (Wildman–Crippen LogP) is 7.99. The highest BCUT2D eigenvalue weighted by molar-refractivity contribution is 7.22. The fourth-order valence-electron chi connectivity index (χ4n) is 3.82. The summed E-state index contributed by atoms with van der Waals surface area (Å²) in [7, 11) is 0. The predicted molar refractivity (Wildman–Crippen MR) is 135 cm³/mol. The Morgan fingerprint density at radius 2 is 1.52 bits per heavy atom. The van der Waals surface area contributed by atoms with E-state index in [4.69, 9.17) is 9.68 Å². The monoisotopic (exact) mass is 443 g/mol. The van der Waals surface area contributed by atoms with Gasteiger partial charge in [-0.25, -0.2) is 4.98 Å². The maximum absolute atomic E-state index is 9.06. The molecule has 0 spiro atoms. The van der Waals surface area contributed by atoms with Gasteiger partial charge in [-0.2, -0.15) is 5.26 Å². The summed E-state index contributed by atoms with van der Waals surface area (Å²) in [6.07, 6.45) is 0. The molecule has 2 aromatic heterocycles. The molecule has 4 aromatic carbocycles. The molecule has 0 amide bonds. The molecule has 6 rings (SSSR count). The van der Waals surface area contributed by atoms with Gasteiger partial charge in [0.25, 0.3) is 0 Å². The third kappa shape index (κ3) is 3.73. The first-order valence-electron chi connectivity index (χ1n) is 10.5. The molecule has 0 saturated heterocycles. The number of hydrogen-bond donors (Lipinski definition) is 1. The second kappa shape index (κ2) is 7.94. The summed E-state index contributed by atoms with van der Waals surface area (Å²) in [6, 6.07) is 34.5. The molecule has 6 aromatic rings. The van der Waals surface area contributed by atoms with Crippen molar-refractivity contribution in [1.29, 1.82) is 5.26 Å².